The van der Waals surface area contributed by atoms with Crippen molar-refractivity contribution in [1.82, 2.24) is 15.5 Å². The fourth-order valence-corrected chi connectivity index (χ4v) is 3.59. The molecule has 6 nitrogen and oxygen atoms in total. The summed E-state index contributed by atoms with van der Waals surface area (Å²) in [5.41, 5.74) is 0.109. The topological polar surface area (TPSA) is 64.7 Å². The molecule has 26 heavy (non-hydrogen) atoms. The molecule has 1 spiro atoms. The van der Waals surface area contributed by atoms with Crippen LogP contribution in [0.25, 0.3) is 0 Å². The number of halogens is 3. The van der Waals surface area contributed by atoms with Gasteiger partial charge in [0.25, 0.3) is 0 Å². The first kappa shape index (κ1) is 18.5. The number of para-hydroxylation sites is 1. The number of carbonyl (C=O) groups is 2. The van der Waals surface area contributed by atoms with E-state index < -0.39 is 24.2 Å². The summed E-state index contributed by atoms with van der Waals surface area (Å²) < 4.78 is 36.8. The maximum absolute atomic E-state index is 13.1. The van der Waals surface area contributed by atoms with E-state index in [9.17, 15) is 22.8 Å². The molecule has 0 saturated carbocycles. The molecular formula is C17H21F3N4O2. The smallest absolute Gasteiger partial charge is 0.345 e. The fourth-order valence-electron chi connectivity index (χ4n) is 3.59. The van der Waals surface area contributed by atoms with Crippen LogP contribution in [-0.2, 0) is 9.59 Å². The van der Waals surface area contributed by atoms with Crippen LogP contribution in [0.2, 0.25) is 0 Å². The number of alkyl halides is 3. The molecule has 0 atom stereocenters. The number of benzene rings is 1. The Morgan fingerprint density at radius 1 is 1.19 bits per heavy atom. The quantitative estimate of drug-likeness (QED) is 0.833. The Morgan fingerprint density at radius 3 is 2.46 bits per heavy atom. The second-order valence-corrected chi connectivity index (χ2v) is 6.58. The number of anilines is 1. The molecule has 0 radical (unpaired) electrons. The van der Waals surface area contributed by atoms with E-state index >= 15 is 0 Å². The summed E-state index contributed by atoms with van der Waals surface area (Å²) in [6, 6.07) is 9.40. The standard InChI is InChI=1S/C17H21F3N4O2/c18-17(19,20)11-22-14(25)10-23-12-24(13-4-2-1-3-5-13)16(15(23)26)6-8-21-9-7-16/h1-5,21H,6-12H2,(H,22,25). The summed E-state index contributed by atoms with van der Waals surface area (Å²) in [4.78, 5) is 28.2. The SMILES string of the molecule is O=C(CN1CN(c2ccccc2)C2(CCNCC2)C1=O)NCC(F)(F)F. The molecule has 1 aromatic carbocycles. The van der Waals surface area contributed by atoms with E-state index in [0.717, 1.165) is 5.69 Å². The van der Waals surface area contributed by atoms with Gasteiger partial charge in [-0.3, -0.25) is 9.59 Å². The zero-order valence-electron chi connectivity index (χ0n) is 14.2. The molecule has 9 heteroatoms. The van der Waals surface area contributed by atoms with Crippen LogP contribution < -0.4 is 15.5 Å². The van der Waals surface area contributed by atoms with E-state index in [0.29, 0.717) is 25.9 Å². The lowest BCUT2D eigenvalue weighted by Crippen LogP contribution is -2.56. The van der Waals surface area contributed by atoms with Gasteiger partial charge in [0.15, 0.2) is 0 Å². The van der Waals surface area contributed by atoms with Crippen LogP contribution in [-0.4, -0.2) is 61.3 Å². The van der Waals surface area contributed by atoms with Gasteiger partial charge < -0.3 is 20.4 Å². The van der Waals surface area contributed by atoms with E-state index in [2.05, 4.69) is 5.32 Å². The van der Waals surface area contributed by atoms with Crippen molar-refractivity contribution in [2.45, 2.75) is 24.6 Å². The van der Waals surface area contributed by atoms with Crippen LogP contribution in [0.5, 0.6) is 0 Å². The zero-order valence-corrected chi connectivity index (χ0v) is 14.2. The van der Waals surface area contributed by atoms with Crippen molar-refractivity contribution < 1.29 is 22.8 Å². The largest absolute Gasteiger partial charge is 0.405 e. The minimum atomic E-state index is -4.48. The van der Waals surface area contributed by atoms with Gasteiger partial charge in [0.1, 0.15) is 18.6 Å². The zero-order chi connectivity index (χ0) is 18.8. The van der Waals surface area contributed by atoms with Crippen molar-refractivity contribution in [3.63, 3.8) is 0 Å². The maximum atomic E-state index is 13.1. The second kappa shape index (κ2) is 7.14. The van der Waals surface area contributed by atoms with Crippen molar-refractivity contribution in [3.8, 4) is 0 Å². The molecule has 2 heterocycles. The second-order valence-electron chi connectivity index (χ2n) is 6.58. The summed E-state index contributed by atoms with van der Waals surface area (Å²) in [6.45, 7) is -0.257. The molecule has 0 aliphatic carbocycles. The molecule has 2 saturated heterocycles. The molecule has 1 aromatic rings. The molecule has 0 aromatic heterocycles. The molecule has 2 N–H and O–H groups in total. The Bertz CT molecular complexity index is 660. The van der Waals surface area contributed by atoms with Gasteiger partial charge in [0, 0.05) is 5.69 Å². The molecule has 3 rings (SSSR count). The van der Waals surface area contributed by atoms with Crippen LogP contribution in [0.4, 0.5) is 18.9 Å². The molecule has 0 unspecified atom stereocenters. The number of hydrogen-bond acceptors (Lipinski definition) is 4. The lowest BCUT2D eigenvalue weighted by molar-refractivity contribution is -0.142. The number of rotatable bonds is 4. The first-order chi connectivity index (χ1) is 12.3. The van der Waals surface area contributed by atoms with Crippen LogP contribution in [0.15, 0.2) is 30.3 Å². The first-order valence-corrected chi connectivity index (χ1v) is 8.48. The van der Waals surface area contributed by atoms with E-state index in [4.69, 9.17) is 0 Å². The number of carbonyl (C=O) groups excluding carboxylic acids is 2. The molecule has 2 amide bonds. The highest BCUT2D eigenvalue weighted by Gasteiger charge is 2.53. The van der Waals surface area contributed by atoms with Crippen molar-refractivity contribution in [3.05, 3.63) is 30.3 Å². The van der Waals surface area contributed by atoms with Gasteiger partial charge >= 0.3 is 6.18 Å². The van der Waals surface area contributed by atoms with Crippen molar-refractivity contribution in [1.29, 1.82) is 0 Å². The van der Waals surface area contributed by atoms with E-state index in [1.165, 1.54) is 4.90 Å². The maximum Gasteiger partial charge on any atom is 0.405 e. The van der Waals surface area contributed by atoms with E-state index in [1.54, 1.807) is 0 Å². The summed E-state index contributed by atoms with van der Waals surface area (Å²) in [7, 11) is 0. The highest BCUT2D eigenvalue weighted by atomic mass is 19.4. The molecule has 2 fully saturated rings. The number of amides is 2. The highest BCUT2D eigenvalue weighted by Crippen LogP contribution is 2.37. The van der Waals surface area contributed by atoms with E-state index in [1.807, 2.05) is 40.5 Å². The predicted molar refractivity (Wildman–Crippen MR) is 89.4 cm³/mol. The Labute approximate surface area is 149 Å². The molecule has 0 bridgehead atoms. The Kier molecular flexibility index (Phi) is 5.08. The van der Waals surface area contributed by atoms with Crippen molar-refractivity contribution in [2.75, 3.05) is 37.7 Å². The van der Waals surface area contributed by atoms with Crippen LogP contribution in [0, 0.1) is 0 Å². The minimum absolute atomic E-state index is 0.183. The van der Waals surface area contributed by atoms with E-state index in [-0.39, 0.29) is 19.1 Å². The Hall–Kier alpha value is -2.29. The van der Waals surface area contributed by atoms with Gasteiger partial charge in [-0.25, -0.2) is 0 Å². The number of nitrogens with zero attached hydrogens (tertiary/aromatic N) is 2. The molecule has 2 aliphatic rings. The monoisotopic (exact) mass is 370 g/mol. The number of piperidine rings is 1. The predicted octanol–water partition coefficient (Wildman–Crippen LogP) is 1.09. The average molecular weight is 370 g/mol. The normalized spacial score (nSPS) is 19.9. The van der Waals surface area contributed by atoms with Gasteiger partial charge in [0.05, 0.1) is 6.67 Å². The Morgan fingerprint density at radius 2 is 1.85 bits per heavy atom. The number of nitrogens with one attached hydrogen (secondary N) is 2. The van der Waals surface area contributed by atoms with Gasteiger partial charge in [-0.15, -0.1) is 0 Å². The molecule has 2 aliphatic heterocycles. The summed E-state index contributed by atoms with van der Waals surface area (Å²) in [5.74, 6) is -1.01. The third-order valence-electron chi connectivity index (χ3n) is 4.83. The van der Waals surface area contributed by atoms with Gasteiger partial charge in [-0.05, 0) is 38.1 Å². The number of hydrogen-bond donors (Lipinski definition) is 2. The third-order valence-corrected chi connectivity index (χ3v) is 4.83. The summed E-state index contributed by atoms with van der Waals surface area (Å²) in [5, 5.41) is 5.05. The van der Waals surface area contributed by atoms with Crippen LogP contribution >= 0.6 is 0 Å². The third kappa shape index (κ3) is 3.77. The van der Waals surface area contributed by atoms with Crippen molar-refractivity contribution in [2.24, 2.45) is 0 Å². The molecular weight excluding hydrogens is 349 g/mol. The van der Waals surface area contributed by atoms with Gasteiger partial charge in [-0.1, -0.05) is 18.2 Å². The molecule has 142 valence electrons. The Balaban J connectivity index is 1.77. The summed E-state index contributed by atoms with van der Waals surface area (Å²) in [6.07, 6.45) is -3.31. The van der Waals surface area contributed by atoms with Gasteiger partial charge in [-0.2, -0.15) is 13.2 Å². The fraction of sp³-hybridized carbons (Fsp3) is 0.529. The lowest BCUT2D eigenvalue weighted by atomic mass is 9.86. The van der Waals surface area contributed by atoms with Gasteiger partial charge in [0.2, 0.25) is 11.8 Å². The van der Waals surface area contributed by atoms with Crippen molar-refractivity contribution >= 4 is 17.5 Å². The minimum Gasteiger partial charge on any atom is -0.345 e. The highest BCUT2D eigenvalue weighted by molar-refractivity contribution is 5.96. The first-order valence-electron chi connectivity index (χ1n) is 8.48. The van der Waals surface area contributed by atoms with Crippen LogP contribution in [0.1, 0.15) is 12.8 Å². The van der Waals surface area contributed by atoms with Crippen LogP contribution in [0.3, 0.4) is 0 Å². The average Bonchev–Trinajstić information content (AvgIpc) is 2.87. The lowest BCUT2D eigenvalue weighted by Gasteiger charge is -2.40. The summed E-state index contributed by atoms with van der Waals surface area (Å²) >= 11 is 0.